The summed E-state index contributed by atoms with van der Waals surface area (Å²) in [4.78, 5) is 10.9. The first-order valence-electron chi connectivity index (χ1n) is 4.70. The van der Waals surface area contributed by atoms with Gasteiger partial charge < -0.3 is 9.84 Å². The van der Waals surface area contributed by atoms with E-state index in [1.807, 2.05) is 0 Å². The zero-order valence-electron chi connectivity index (χ0n) is 8.79. The zero-order valence-corrected chi connectivity index (χ0v) is 10.4. The maximum absolute atomic E-state index is 10.9. The fourth-order valence-corrected chi connectivity index (χ4v) is 1.49. The van der Waals surface area contributed by atoms with E-state index in [9.17, 15) is 4.79 Å². The third kappa shape index (κ3) is 3.59. The van der Waals surface area contributed by atoms with Gasteiger partial charge in [-0.15, -0.1) is 11.8 Å². The van der Waals surface area contributed by atoms with E-state index in [4.69, 9.17) is 9.84 Å². The molecule has 84 valence electrons. The molecule has 4 heteroatoms. The molecule has 1 aromatic carbocycles. The molecule has 0 heterocycles. The first-order chi connectivity index (χ1) is 7.65. The van der Waals surface area contributed by atoms with Crippen LogP contribution in [0.5, 0.6) is 5.75 Å². The van der Waals surface area contributed by atoms with Crippen molar-refractivity contribution in [3.8, 4) is 17.6 Å². The second-order valence-electron chi connectivity index (χ2n) is 2.97. The SMILES string of the molecule is CC#CCCOc1ccc(Br)cc1C(=O)O. The Morgan fingerprint density at radius 2 is 2.31 bits per heavy atom. The number of benzene rings is 1. The quantitative estimate of drug-likeness (QED) is 0.682. The van der Waals surface area contributed by atoms with Crippen molar-refractivity contribution in [1.29, 1.82) is 0 Å². The Balaban J connectivity index is 2.77. The second kappa shape index (κ2) is 6.19. The summed E-state index contributed by atoms with van der Waals surface area (Å²) in [6.45, 7) is 2.14. The molecular weight excluding hydrogens is 272 g/mol. The largest absolute Gasteiger partial charge is 0.492 e. The Bertz CT molecular complexity index is 443. The predicted molar refractivity (Wildman–Crippen MR) is 64.7 cm³/mol. The molecular formula is C12H11BrO3. The van der Waals surface area contributed by atoms with Crippen molar-refractivity contribution in [1.82, 2.24) is 0 Å². The molecule has 1 N–H and O–H groups in total. The van der Waals surface area contributed by atoms with Crippen molar-refractivity contribution in [3.05, 3.63) is 28.2 Å². The standard InChI is InChI=1S/C12H11BrO3/c1-2-3-4-7-16-11-6-5-9(13)8-10(11)12(14)15/h5-6,8H,4,7H2,1H3,(H,14,15). The number of ether oxygens (including phenoxy) is 1. The molecule has 0 unspecified atom stereocenters. The summed E-state index contributed by atoms with van der Waals surface area (Å²) in [7, 11) is 0. The molecule has 0 aliphatic rings. The number of hydrogen-bond donors (Lipinski definition) is 1. The van der Waals surface area contributed by atoms with E-state index in [2.05, 4.69) is 27.8 Å². The molecule has 0 radical (unpaired) electrons. The van der Waals surface area contributed by atoms with E-state index in [1.165, 1.54) is 6.07 Å². The normalized spacial score (nSPS) is 9.12. The average molecular weight is 283 g/mol. The van der Waals surface area contributed by atoms with Crippen LogP contribution in [0.25, 0.3) is 0 Å². The van der Waals surface area contributed by atoms with Crippen LogP contribution >= 0.6 is 15.9 Å². The molecule has 0 aliphatic heterocycles. The van der Waals surface area contributed by atoms with Crippen molar-refractivity contribution < 1.29 is 14.6 Å². The molecule has 0 fully saturated rings. The van der Waals surface area contributed by atoms with Crippen LogP contribution in [0.1, 0.15) is 23.7 Å². The Hall–Kier alpha value is -1.47. The maximum Gasteiger partial charge on any atom is 0.339 e. The third-order valence-corrected chi connectivity index (χ3v) is 2.33. The molecule has 0 saturated carbocycles. The van der Waals surface area contributed by atoms with Crippen molar-refractivity contribution in [2.24, 2.45) is 0 Å². The molecule has 1 aromatic rings. The van der Waals surface area contributed by atoms with Gasteiger partial charge in [0, 0.05) is 10.9 Å². The van der Waals surface area contributed by atoms with Gasteiger partial charge in [0.15, 0.2) is 0 Å². The molecule has 0 aliphatic carbocycles. The lowest BCUT2D eigenvalue weighted by Crippen LogP contribution is -2.04. The van der Waals surface area contributed by atoms with Crippen molar-refractivity contribution in [2.45, 2.75) is 13.3 Å². The summed E-state index contributed by atoms with van der Waals surface area (Å²) < 4.78 is 6.06. The molecule has 16 heavy (non-hydrogen) atoms. The number of rotatable bonds is 4. The highest BCUT2D eigenvalue weighted by molar-refractivity contribution is 9.10. The highest BCUT2D eigenvalue weighted by atomic mass is 79.9. The first-order valence-corrected chi connectivity index (χ1v) is 5.49. The van der Waals surface area contributed by atoms with E-state index < -0.39 is 5.97 Å². The monoisotopic (exact) mass is 282 g/mol. The summed E-state index contributed by atoms with van der Waals surface area (Å²) in [5.41, 5.74) is 0.152. The van der Waals surface area contributed by atoms with E-state index in [-0.39, 0.29) is 5.56 Å². The van der Waals surface area contributed by atoms with Gasteiger partial charge in [0.2, 0.25) is 0 Å². The Labute approximate surface area is 103 Å². The van der Waals surface area contributed by atoms with Gasteiger partial charge in [-0.2, -0.15) is 0 Å². The number of carbonyl (C=O) groups is 1. The highest BCUT2D eigenvalue weighted by Gasteiger charge is 2.11. The fraction of sp³-hybridized carbons (Fsp3) is 0.250. The molecule has 0 saturated heterocycles. The van der Waals surface area contributed by atoms with Crippen LogP contribution < -0.4 is 4.74 Å². The van der Waals surface area contributed by atoms with Crippen LogP contribution in [0.3, 0.4) is 0 Å². The fourth-order valence-electron chi connectivity index (χ4n) is 1.13. The summed E-state index contributed by atoms with van der Waals surface area (Å²) in [6.07, 6.45) is 0.589. The van der Waals surface area contributed by atoms with Gasteiger partial charge in [0.25, 0.3) is 0 Å². The number of carboxylic acids is 1. The molecule has 0 spiro atoms. The minimum atomic E-state index is -1.00. The predicted octanol–water partition coefficient (Wildman–Crippen LogP) is 2.94. The summed E-state index contributed by atoms with van der Waals surface area (Å²) in [5, 5.41) is 8.96. The number of aromatic carboxylic acids is 1. The van der Waals surface area contributed by atoms with Crippen LogP contribution in [0.4, 0.5) is 0 Å². The zero-order chi connectivity index (χ0) is 12.0. The van der Waals surface area contributed by atoms with Crippen LogP contribution in [-0.4, -0.2) is 17.7 Å². The number of hydrogen-bond acceptors (Lipinski definition) is 2. The minimum Gasteiger partial charge on any atom is -0.492 e. The number of carboxylic acid groups (broad SMARTS) is 1. The van der Waals surface area contributed by atoms with Crippen LogP contribution in [-0.2, 0) is 0 Å². The van der Waals surface area contributed by atoms with Crippen LogP contribution in [0, 0.1) is 11.8 Å². The summed E-state index contributed by atoms with van der Waals surface area (Å²) in [6, 6.07) is 4.89. The molecule has 0 amide bonds. The minimum absolute atomic E-state index is 0.152. The topological polar surface area (TPSA) is 46.5 Å². The molecule has 3 nitrogen and oxygen atoms in total. The van der Waals surface area contributed by atoms with Crippen LogP contribution in [0.15, 0.2) is 22.7 Å². The second-order valence-corrected chi connectivity index (χ2v) is 3.89. The van der Waals surface area contributed by atoms with E-state index in [0.717, 1.165) is 0 Å². The summed E-state index contributed by atoms with van der Waals surface area (Å²) >= 11 is 3.22. The van der Waals surface area contributed by atoms with E-state index in [1.54, 1.807) is 19.1 Å². The van der Waals surface area contributed by atoms with Crippen molar-refractivity contribution >= 4 is 21.9 Å². The lowest BCUT2D eigenvalue weighted by Gasteiger charge is -2.07. The first kappa shape index (κ1) is 12.6. The van der Waals surface area contributed by atoms with Crippen molar-refractivity contribution in [3.63, 3.8) is 0 Å². The van der Waals surface area contributed by atoms with Gasteiger partial charge in [-0.1, -0.05) is 15.9 Å². The average Bonchev–Trinajstić information content (AvgIpc) is 2.26. The lowest BCUT2D eigenvalue weighted by atomic mass is 10.2. The van der Waals surface area contributed by atoms with E-state index in [0.29, 0.717) is 23.2 Å². The van der Waals surface area contributed by atoms with Gasteiger partial charge in [-0.3, -0.25) is 0 Å². The van der Waals surface area contributed by atoms with Gasteiger partial charge in [-0.25, -0.2) is 4.79 Å². The maximum atomic E-state index is 10.9. The molecule has 1 rings (SSSR count). The van der Waals surface area contributed by atoms with Crippen molar-refractivity contribution in [2.75, 3.05) is 6.61 Å². The smallest absolute Gasteiger partial charge is 0.339 e. The molecule has 0 atom stereocenters. The number of halogens is 1. The van der Waals surface area contributed by atoms with Gasteiger partial charge in [0.1, 0.15) is 11.3 Å². The van der Waals surface area contributed by atoms with E-state index >= 15 is 0 Å². The Morgan fingerprint density at radius 3 is 2.94 bits per heavy atom. The summed E-state index contributed by atoms with van der Waals surface area (Å²) in [5.74, 6) is 4.96. The van der Waals surface area contributed by atoms with Gasteiger partial charge in [-0.05, 0) is 25.1 Å². The van der Waals surface area contributed by atoms with Gasteiger partial charge >= 0.3 is 5.97 Å². The van der Waals surface area contributed by atoms with Crippen LogP contribution in [0.2, 0.25) is 0 Å². The van der Waals surface area contributed by atoms with Gasteiger partial charge in [0.05, 0.1) is 6.61 Å². The third-order valence-electron chi connectivity index (χ3n) is 1.83. The highest BCUT2D eigenvalue weighted by Crippen LogP contribution is 2.23. The molecule has 0 aromatic heterocycles. The Morgan fingerprint density at radius 1 is 1.56 bits per heavy atom. The lowest BCUT2D eigenvalue weighted by molar-refractivity contribution is 0.0692. The molecule has 0 bridgehead atoms. The Kier molecular flexibility index (Phi) is 4.87.